The molecule has 0 bridgehead atoms. The molecular weight excluding hydrogens is 256 g/mol. The molecule has 6 nitrogen and oxygen atoms in total. The zero-order valence-corrected chi connectivity index (χ0v) is 10.6. The number of rotatable bonds is 6. The summed E-state index contributed by atoms with van der Waals surface area (Å²) < 4.78 is 29.6. The Bertz CT molecular complexity index is 487. The Kier molecular flexibility index (Phi) is 5.26. The SMILES string of the molecule is NC(CCS(=O)(=O)O)C(=O)NCc1ccccc1. The Morgan fingerprint density at radius 3 is 2.50 bits per heavy atom. The van der Waals surface area contributed by atoms with Gasteiger partial charge in [0.2, 0.25) is 5.91 Å². The van der Waals surface area contributed by atoms with Crippen LogP contribution < -0.4 is 11.1 Å². The van der Waals surface area contributed by atoms with Crippen LogP contribution in [0.4, 0.5) is 0 Å². The van der Waals surface area contributed by atoms with Gasteiger partial charge in [0.15, 0.2) is 0 Å². The number of nitrogens with two attached hydrogens (primary N) is 1. The first-order chi connectivity index (χ1) is 8.38. The Hall–Kier alpha value is -1.44. The molecule has 1 unspecified atom stereocenters. The van der Waals surface area contributed by atoms with Gasteiger partial charge in [-0.3, -0.25) is 9.35 Å². The fraction of sp³-hybridized carbons (Fsp3) is 0.364. The maximum atomic E-state index is 11.5. The largest absolute Gasteiger partial charge is 0.351 e. The second-order valence-corrected chi connectivity index (χ2v) is 5.46. The van der Waals surface area contributed by atoms with E-state index in [1.54, 1.807) is 0 Å². The van der Waals surface area contributed by atoms with Gasteiger partial charge in [-0.15, -0.1) is 0 Å². The molecule has 0 aromatic heterocycles. The van der Waals surface area contributed by atoms with Crippen molar-refractivity contribution in [1.82, 2.24) is 5.32 Å². The lowest BCUT2D eigenvalue weighted by atomic mass is 10.2. The van der Waals surface area contributed by atoms with Gasteiger partial charge in [-0.05, 0) is 12.0 Å². The Morgan fingerprint density at radius 1 is 1.33 bits per heavy atom. The second kappa shape index (κ2) is 6.48. The van der Waals surface area contributed by atoms with Gasteiger partial charge in [0.05, 0.1) is 11.8 Å². The first-order valence-electron chi connectivity index (χ1n) is 5.41. The third-order valence-electron chi connectivity index (χ3n) is 2.33. The fourth-order valence-corrected chi connectivity index (χ4v) is 1.87. The van der Waals surface area contributed by atoms with E-state index >= 15 is 0 Å². The molecular formula is C11H16N2O4S. The number of carbonyl (C=O) groups excluding carboxylic acids is 1. The molecule has 0 radical (unpaired) electrons. The quantitative estimate of drug-likeness (QED) is 0.627. The van der Waals surface area contributed by atoms with Crippen LogP contribution in [0.2, 0.25) is 0 Å². The van der Waals surface area contributed by atoms with Crippen LogP contribution in [0.15, 0.2) is 30.3 Å². The molecule has 0 fully saturated rings. The van der Waals surface area contributed by atoms with Crippen LogP contribution >= 0.6 is 0 Å². The minimum absolute atomic E-state index is 0.112. The zero-order valence-electron chi connectivity index (χ0n) is 9.74. The molecule has 0 heterocycles. The lowest BCUT2D eigenvalue weighted by Gasteiger charge is -2.11. The average Bonchev–Trinajstić information content (AvgIpc) is 2.33. The summed E-state index contributed by atoms with van der Waals surface area (Å²) in [6.07, 6.45) is -0.112. The Balaban J connectivity index is 2.37. The molecule has 0 saturated carbocycles. The van der Waals surface area contributed by atoms with Crippen LogP contribution in [0.1, 0.15) is 12.0 Å². The molecule has 1 aromatic carbocycles. The molecule has 4 N–H and O–H groups in total. The first-order valence-corrected chi connectivity index (χ1v) is 7.02. The van der Waals surface area contributed by atoms with Crippen molar-refractivity contribution in [2.24, 2.45) is 5.73 Å². The summed E-state index contributed by atoms with van der Waals surface area (Å²) in [5.41, 5.74) is 6.42. The smallest absolute Gasteiger partial charge is 0.264 e. The topological polar surface area (TPSA) is 109 Å². The minimum Gasteiger partial charge on any atom is -0.351 e. The normalized spacial score (nSPS) is 13.0. The van der Waals surface area contributed by atoms with E-state index in [2.05, 4.69) is 5.32 Å². The van der Waals surface area contributed by atoms with Gasteiger partial charge in [0.25, 0.3) is 10.1 Å². The molecule has 0 saturated heterocycles. The van der Waals surface area contributed by atoms with E-state index in [4.69, 9.17) is 10.3 Å². The van der Waals surface area contributed by atoms with E-state index in [9.17, 15) is 13.2 Å². The van der Waals surface area contributed by atoms with Crippen LogP contribution in [0, 0.1) is 0 Å². The lowest BCUT2D eigenvalue weighted by Crippen LogP contribution is -2.41. The van der Waals surface area contributed by atoms with Gasteiger partial charge in [-0.1, -0.05) is 30.3 Å². The third kappa shape index (κ3) is 5.76. The molecule has 1 rings (SSSR count). The van der Waals surface area contributed by atoms with Gasteiger partial charge < -0.3 is 11.1 Å². The van der Waals surface area contributed by atoms with E-state index in [1.807, 2.05) is 30.3 Å². The molecule has 18 heavy (non-hydrogen) atoms. The molecule has 100 valence electrons. The summed E-state index contributed by atoms with van der Waals surface area (Å²) in [5, 5.41) is 2.59. The van der Waals surface area contributed by atoms with Crippen LogP contribution in [0.5, 0.6) is 0 Å². The first kappa shape index (κ1) is 14.6. The van der Waals surface area contributed by atoms with Gasteiger partial charge in [0.1, 0.15) is 0 Å². The third-order valence-corrected chi connectivity index (χ3v) is 3.08. The Morgan fingerprint density at radius 2 is 1.94 bits per heavy atom. The van der Waals surface area contributed by atoms with E-state index in [-0.39, 0.29) is 6.42 Å². The molecule has 0 aliphatic carbocycles. The average molecular weight is 272 g/mol. The highest BCUT2D eigenvalue weighted by Gasteiger charge is 2.16. The molecule has 0 aliphatic heterocycles. The van der Waals surface area contributed by atoms with Crippen molar-refractivity contribution < 1.29 is 17.8 Å². The molecule has 1 atom stereocenters. The van der Waals surface area contributed by atoms with E-state index in [0.29, 0.717) is 6.54 Å². The van der Waals surface area contributed by atoms with Gasteiger partial charge in [-0.25, -0.2) is 0 Å². The summed E-state index contributed by atoms with van der Waals surface area (Å²) in [5.74, 6) is -0.963. The van der Waals surface area contributed by atoms with Crippen molar-refractivity contribution in [3.8, 4) is 0 Å². The summed E-state index contributed by atoms with van der Waals surface area (Å²) in [6, 6.07) is 8.31. The van der Waals surface area contributed by atoms with Gasteiger partial charge in [-0.2, -0.15) is 8.42 Å². The van der Waals surface area contributed by atoms with E-state index in [0.717, 1.165) is 5.56 Å². The number of amides is 1. The minimum atomic E-state index is -4.08. The summed E-state index contributed by atoms with van der Waals surface area (Å²) >= 11 is 0. The maximum absolute atomic E-state index is 11.5. The van der Waals surface area contributed by atoms with E-state index in [1.165, 1.54) is 0 Å². The monoisotopic (exact) mass is 272 g/mol. The summed E-state index contributed by atoms with van der Waals surface area (Å²) in [7, 11) is -4.08. The highest BCUT2D eigenvalue weighted by atomic mass is 32.2. The predicted octanol–water partition coefficient (Wildman–Crippen LogP) is -0.0920. The van der Waals surface area contributed by atoms with Crippen molar-refractivity contribution in [2.45, 2.75) is 19.0 Å². The van der Waals surface area contributed by atoms with Crippen molar-refractivity contribution in [3.05, 3.63) is 35.9 Å². The lowest BCUT2D eigenvalue weighted by molar-refractivity contribution is -0.122. The molecule has 1 aromatic rings. The van der Waals surface area contributed by atoms with Crippen LogP contribution in [-0.4, -0.2) is 30.7 Å². The van der Waals surface area contributed by atoms with Crippen molar-refractivity contribution >= 4 is 16.0 Å². The maximum Gasteiger partial charge on any atom is 0.264 e. The number of nitrogens with one attached hydrogen (secondary N) is 1. The van der Waals surface area contributed by atoms with Crippen LogP contribution in [0.25, 0.3) is 0 Å². The number of hydrogen-bond acceptors (Lipinski definition) is 4. The zero-order chi connectivity index (χ0) is 13.6. The Labute approximate surface area is 106 Å². The highest BCUT2D eigenvalue weighted by Crippen LogP contribution is 1.98. The number of carbonyl (C=O) groups is 1. The number of benzene rings is 1. The molecule has 1 amide bonds. The van der Waals surface area contributed by atoms with Crippen molar-refractivity contribution in [1.29, 1.82) is 0 Å². The molecule has 7 heteroatoms. The standard InChI is InChI=1S/C11H16N2O4S/c12-10(6-7-18(15,16)17)11(14)13-8-9-4-2-1-3-5-9/h1-5,10H,6-8,12H2,(H,13,14)(H,15,16,17). The van der Waals surface area contributed by atoms with Gasteiger partial charge >= 0.3 is 0 Å². The van der Waals surface area contributed by atoms with Crippen molar-refractivity contribution in [3.63, 3.8) is 0 Å². The van der Waals surface area contributed by atoms with Gasteiger partial charge in [0, 0.05) is 6.54 Å². The molecule has 0 aliphatic rings. The molecule has 0 spiro atoms. The van der Waals surface area contributed by atoms with Crippen molar-refractivity contribution in [2.75, 3.05) is 5.75 Å². The van der Waals surface area contributed by atoms with Crippen LogP contribution in [0.3, 0.4) is 0 Å². The highest BCUT2D eigenvalue weighted by molar-refractivity contribution is 7.85. The second-order valence-electron chi connectivity index (χ2n) is 3.88. The van der Waals surface area contributed by atoms with E-state index < -0.39 is 27.8 Å². The predicted molar refractivity (Wildman–Crippen MR) is 67.3 cm³/mol. The number of hydrogen-bond donors (Lipinski definition) is 3. The fourth-order valence-electron chi connectivity index (χ4n) is 1.32. The summed E-state index contributed by atoms with van der Waals surface area (Å²) in [6.45, 7) is 0.333. The summed E-state index contributed by atoms with van der Waals surface area (Å²) in [4.78, 5) is 11.5. The van der Waals surface area contributed by atoms with Crippen LogP contribution in [-0.2, 0) is 21.5 Å².